The highest BCUT2D eigenvalue weighted by atomic mass is 35.6. The molecule has 19 rings (SSSR count). The number of nitrogen functional groups attached to an aromatic ring is 2. The fraction of sp³-hybridized carbons (Fsp3) is 0.277. The van der Waals surface area contributed by atoms with Crippen molar-refractivity contribution < 1.29 is 60.6 Å². The van der Waals surface area contributed by atoms with Crippen molar-refractivity contribution in [2.75, 3.05) is 167 Å². The van der Waals surface area contributed by atoms with E-state index in [-0.39, 0.29) is 18.7 Å². The lowest BCUT2D eigenvalue weighted by Crippen LogP contribution is -2.46. The number of aromatic nitrogens is 18. The zero-order chi connectivity index (χ0) is 106. The number of hydrazine groups is 1. The quantitative estimate of drug-likeness (QED) is 0.00630. The summed E-state index contributed by atoms with van der Waals surface area (Å²) in [4.78, 5) is 97.0. The molecule has 9 N–H and O–H groups in total. The molecule has 0 bridgehead atoms. The summed E-state index contributed by atoms with van der Waals surface area (Å²) in [6, 6.07) is 37.4. The van der Waals surface area contributed by atoms with Crippen molar-refractivity contribution in [3.05, 3.63) is 198 Å². The molecule has 2 aliphatic heterocycles. The first-order valence-electron chi connectivity index (χ1n) is 43.9. The molecular formula is C94H96Cl10N26O16S3. The fourth-order valence-corrected chi connectivity index (χ4v) is 18.2. The lowest BCUT2D eigenvalue weighted by atomic mass is 10.0. The Kier molecular flexibility index (Phi) is 37.8. The van der Waals surface area contributed by atoms with E-state index in [4.69, 9.17) is 165 Å². The number of hydrogen-bond acceptors (Lipinski definition) is 38. The topological polar surface area (TPSA) is 499 Å². The number of H-pyrrole nitrogens is 3. The van der Waals surface area contributed by atoms with Crippen LogP contribution in [0.4, 0.5) is 39.3 Å². The Hall–Kier alpha value is -12.8. The number of likely N-dealkylation sites (N-methyl/N-ethyl adjacent to an activating group) is 2. The number of benzene rings is 6. The maximum atomic E-state index is 12.9. The molecule has 0 atom stereocenters. The van der Waals surface area contributed by atoms with E-state index in [0.717, 1.165) is 75.4 Å². The van der Waals surface area contributed by atoms with Gasteiger partial charge in [0, 0.05) is 196 Å². The van der Waals surface area contributed by atoms with Gasteiger partial charge in [0.25, 0.3) is 0 Å². The van der Waals surface area contributed by atoms with Crippen LogP contribution in [0, 0.1) is 0 Å². The van der Waals surface area contributed by atoms with E-state index in [1.807, 2.05) is 55.0 Å². The smallest absolute Gasteiger partial charge is 0.497 e. The van der Waals surface area contributed by atoms with Gasteiger partial charge in [0.15, 0.2) is 49.8 Å². The largest absolute Gasteiger partial charge is 0.515 e. The zero-order valence-electron chi connectivity index (χ0n) is 80.6. The summed E-state index contributed by atoms with van der Waals surface area (Å²) in [7, 11) is 8.60. The number of piperazine rings is 2. The molecule has 2 aliphatic rings. The average molecular weight is 2300 g/mol. The molecule has 786 valence electrons. The molecule has 42 nitrogen and oxygen atoms in total. The molecular weight excluding hydrogens is 2200 g/mol. The number of aromatic amines is 3. The lowest BCUT2D eigenvalue weighted by molar-refractivity contribution is 0.0508. The number of fused-ring (bicyclic) bond motifs is 10. The summed E-state index contributed by atoms with van der Waals surface area (Å²) in [5, 5.41) is 27.9. The van der Waals surface area contributed by atoms with Gasteiger partial charge < -0.3 is 83.4 Å². The van der Waals surface area contributed by atoms with Crippen molar-refractivity contribution in [2.24, 2.45) is 5.84 Å². The van der Waals surface area contributed by atoms with Crippen LogP contribution in [0.25, 0.3) is 106 Å². The Bertz CT molecular complexity index is 8050. The Labute approximate surface area is 909 Å². The molecule has 0 spiro atoms. The molecule has 13 heterocycles. The number of nitrogens with two attached hydrogens (primary N) is 2. The third kappa shape index (κ3) is 26.6. The van der Waals surface area contributed by atoms with Gasteiger partial charge in [-0.15, -0.1) is 0 Å². The van der Waals surface area contributed by atoms with Gasteiger partial charge in [-0.05, 0) is 192 Å². The Morgan fingerprint density at radius 3 is 1.13 bits per heavy atom. The van der Waals surface area contributed by atoms with Crippen LogP contribution in [0.3, 0.4) is 0 Å². The molecule has 149 heavy (non-hydrogen) atoms. The first-order valence-corrected chi connectivity index (χ1v) is 52.1. The maximum Gasteiger partial charge on any atom is 0.515 e. The van der Waals surface area contributed by atoms with Gasteiger partial charge in [0.1, 0.15) is 51.8 Å². The average Bonchev–Trinajstić information content (AvgIpc) is 1.65. The first kappa shape index (κ1) is 113. The van der Waals surface area contributed by atoms with Crippen molar-refractivity contribution in [1.29, 1.82) is 0 Å². The number of nitrogens with one attached hydrogen (secondary N) is 5. The van der Waals surface area contributed by atoms with Crippen molar-refractivity contribution in [1.82, 2.24) is 98.4 Å². The number of carbonyl (C=O) groups excluding carboxylic acids is 1. The number of ether oxygens (including phenoxy) is 10. The summed E-state index contributed by atoms with van der Waals surface area (Å²) in [5.74, 6) is 10.5. The standard InChI is InChI=1S/C28H29ClN8O3.C17H14ClN5O5S.C17H14ClN5O3S.C16H16ClN5O2S.C12H19N3.C3Cl6O3.CH4/c1-4-35-9-11-36(12-10-35)19-7-5-18(6-8-19)31-27-30-16-17-13-22(26-33-34-28(38)37(26)25(17)32-27)21-14-20(39-2)15-23(40-3)24(21)29;1-27-9-5-10(13(18)12(6-9)28-2)11-4-8-7-19-16(29(3,25)26)20-14(8)23-15(11)21-22-17(23)24;1-25-9-5-10(13(18)12(6-9)26-2)11-4-8-7-19-16(27-3)20-14(8)23-15(11)21-22-17(23)24;1-23-9-5-10(13(17)12(6-9)24-2)11-4-8-7-19-16(25-3)21-14(8)20-15(11)22-18;1-2-14-7-9-15(10-8-14)12-5-3-11(13)4-6-12;4-2(5,6)11-1(10)12-3(7,8)9;/h5-8,13-16H,4,9-12H2,1-3H3,(H,34,38)(H,30,31,32);4-7H,1-3H3,(H,22,24);4-7H,1-3H3,(H,22,24);4-7H,18H2,1-3H3,(H,19,20,21,22);3-6H,2,7-10,13H2,1H3;;1H4. The number of rotatable bonds is 22. The van der Waals surface area contributed by atoms with Crippen LogP contribution in [-0.2, 0) is 19.3 Å². The number of anilines is 6. The van der Waals surface area contributed by atoms with Crippen LogP contribution in [0.1, 0.15) is 21.3 Å². The van der Waals surface area contributed by atoms with Crippen LogP contribution >= 0.6 is 140 Å². The van der Waals surface area contributed by atoms with Crippen molar-refractivity contribution >= 4 is 251 Å². The second-order valence-corrected chi connectivity index (χ2v) is 40.9. The van der Waals surface area contributed by atoms with E-state index in [0.29, 0.717) is 177 Å². The molecule has 11 aromatic heterocycles. The van der Waals surface area contributed by atoms with Crippen LogP contribution in [-0.4, -0.2) is 262 Å². The number of alkyl halides is 6. The lowest BCUT2D eigenvalue weighted by Gasteiger charge is -2.35. The van der Waals surface area contributed by atoms with Gasteiger partial charge in [0.2, 0.25) is 20.9 Å². The van der Waals surface area contributed by atoms with Crippen molar-refractivity contribution in [3.63, 3.8) is 0 Å². The third-order valence-electron chi connectivity index (χ3n) is 22.8. The van der Waals surface area contributed by atoms with Gasteiger partial charge in [-0.2, -0.15) is 25.3 Å². The van der Waals surface area contributed by atoms with Crippen LogP contribution in [0.2, 0.25) is 20.1 Å². The zero-order valence-corrected chi connectivity index (χ0v) is 90.6. The minimum Gasteiger partial charge on any atom is -0.497 e. The van der Waals surface area contributed by atoms with Crippen LogP contribution < -0.4 is 87.1 Å². The van der Waals surface area contributed by atoms with Crippen molar-refractivity contribution in [3.8, 4) is 90.5 Å². The van der Waals surface area contributed by atoms with Gasteiger partial charge in [-0.1, -0.05) is 91.2 Å². The van der Waals surface area contributed by atoms with Gasteiger partial charge >= 0.3 is 31.2 Å². The molecule has 0 aliphatic carbocycles. The van der Waals surface area contributed by atoms with Gasteiger partial charge in [0.05, 0.1) is 77.0 Å². The van der Waals surface area contributed by atoms with Gasteiger partial charge in [-0.3, -0.25) is 0 Å². The molecule has 2 fully saturated rings. The number of nitrogens with zero attached hydrogens (tertiary/aromatic N) is 19. The molecule has 6 aromatic carbocycles. The Balaban J connectivity index is 0.000000154. The van der Waals surface area contributed by atoms with Crippen LogP contribution in [0.15, 0.2) is 176 Å². The van der Waals surface area contributed by atoms with Crippen molar-refractivity contribution in [2.45, 2.75) is 44.7 Å². The fourth-order valence-electron chi connectivity index (χ4n) is 15.5. The summed E-state index contributed by atoms with van der Waals surface area (Å²) in [6.07, 6.45) is 9.73. The minimum atomic E-state index is -3.67. The predicted molar refractivity (Wildman–Crippen MR) is 587 cm³/mol. The second-order valence-electron chi connectivity index (χ2n) is 31.6. The molecule has 17 aromatic rings. The summed E-state index contributed by atoms with van der Waals surface area (Å²) >= 11 is 59.2. The van der Waals surface area contributed by atoms with E-state index in [2.05, 4.69) is 153 Å². The SMILES string of the molecule is C.CCN1CCN(c2ccc(N)cc2)CC1.CCN1CCN(c2ccc(Nc3ncc4cc(-c5cc(OC)cc(OC)c5Cl)c5n[nH]c(=O)n5c4n3)cc2)CC1.COc1cc(OC)c(Cl)c(-c2cc3cnc(S(C)(=O)=O)nc3n3c(=O)[nH]nc23)c1.COc1cc(OC)c(Cl)c(-c2cc3cnc(SC)nc3n3c(=O)[nH]nc23)c1.COc1cc(OC)c(Cl)c(-c2cc3cnc(SC)nc3nc2NN)c1.O=C(OC(Cl)(Cl)Cl)OC(Cl)(Cl)Cl. The second kappa shape index (κ2) is 49.8. The first-order chi connectivity index (χ1) is 70.8. The molecule has 0 amide bonds. The number of thioether (sulfide) groups is 2. The highest BCUT2D eigenvalue weighted by molar-refractivity contribution is 7.98. The highest BCUT2D eigenvalue weighted by Crippen LogP contribution is 2.47. The highest BCUT2D eigenvalue weighted by Gasteiger charge is 2.34. The van der Waals surface area contributed by atoms with E-state index in [1.165, 1.54) is 95.8 Å². The monoisotopic (exact) mass is 2290 g/mol. The molecule has 0 unspecified atom stereocenters. The Morgan fingerprint density at radius 2 is 0.772 bits per heavy atom. The van der Waals surface area contributed by atoms with E-state index in [1.54, 1.807) is 102 Å². The number of pyridine rings is 4. The molecule has 55 heteroatoms. The third-order valence-corrected chi connectivity index (χ3v) is 26.8. The summed E-state index contributed by atoms with van der Waals surface area (Å²) in [6.45, 7) is 15.4. The van der Waals surface area contributed by atoms with E-state index < -0.39 is 46.2 Å². The van der Waals surface area contributed by atoms with Crippen LogP contribution in [0.5, 0.6) is 46.0 Å². The number of carbonyl (C=O) groups is 1. The number of hydrogen-bond donors (Lipinski definition) is 7. The normalized spacial score (nSPS) is 12.8. The molecule has 0 radical (unpaired) electrons. The number of halogens is 10. The number of sulfone groups is 1. The maximum absolute atomic E-state index is 12.9. The number of methoxy groups -OCH3 is 8. The van der Waals surface area contributed by atoms with Gasteiger partial charge in [-0.25, -0.2) is 96.8 Å². The summed E-state index contributed by atoms with van der Waals surface area (Å²) in [5.41, 5.74) is 18.3. The molecule has 2 saturated heterocycles. The van der Waals surface area contributed by atoms with E-state index >= 15 is 0 Å². The molecule has 0 saturated carbocycles. The Morgan fingerprint density at radius 1 is 0.430 bits per heavy atom. The predicted octanol–water partition coefficient (Wildman–Crippen LogP) is 18.1. The summed E-state index contributed by atoms with van der Waals surface area (Å²) < 4.78 is 74.0. The van der Waals surface area contributed by atoms with E-state index in [9.17, 15) is 27.6 Å². The minimum absolute atomic E-state index is 0.